The molecule has 2 atom stereocenters. The molecule has 1 fully saturated rings. The van der Waals surface area contributed by atoms with Crippen molar-refractivity contribution in [3.63, 3.8) is 0 Å². The van der Waals surface area contributed by atoms with E-state index in [0.29, 0.717) is 5.39 Å². The monoisotopic (exact) mass is 550 g/mol. The summed E-state index contributed by atoms with van der Waals surface area (Å²) in [4.78, 5) is 51.1. The Bertz CT molecular complexity index is 1490. The summed E-state index contributed by atoms with van der Waals surface area (Å²) >= 11 is 0. The average Bonchev–Trinajstić information content (AvgIpc) is 3.41. The van der Waals surface area contributed by atoms with E-state index >= 15 is 0 Å². The number of hydrogen-bond donors (Lipinski definition) is 2. The Labute approximate surface area is 218 Å². The number of anilines is 1. The number of aromatic nitrogens is 2. The zero-order chi connectivity index (χ0) is 28.6. The largest absolute Gasteiger partial charge is 0.573 e. The van der Waals surface area contributed by atoms with Crippen molar-refractivity contribution < 1.29 is 46.6 Å². The number of Topliss-reactive ketones (excluding diaryl/α,β-unsaturated/α-hetero) is 1. The van der Waals surface area contributed by atoms with Crippen LogP contribution in [-0.2, 0) is 16.1 Å². The van der Waals surface area contributed by atoms with Crippen LogP contribution in [0.2, 0.25) is 0 Å². The molecule has 39 heavy (non-hydrogen) atoms. The fourth-order valence-electron chi connectivity index (χ4n) is 4.50. The summed E-state index contributed by atoms with van der Waals surface area (Å²) in [5.41, 5.74) is -0.378. The zero-order valence-corrected chi connectivity index (χ0v) is 20.6. The highest BCUT2D eigenvalue weighted by Gasteiger charge is 2.39. The molecule has 2 aromatic carbocycles. The maximum atomic E-state index is 14.6. The van der Waals surface area contributed by atoms with Gasteiger partial charge in [-0.1, -0.05) is 13.0 Å². The molecule has 0 aliphatic carbocycles. The first kappa shape index (κ1) is 27.5. The van der Waals surface area contributed by atoms with E-state index in [0.717, 1.165) is 18.2 Å². The first-order chi connectivity index (χ1) is 18.2. The van der Waals surface area contributed by atoms with Crippen molar-refractivity contribution in [2.45, 2.75) is 39.2 Å². The number of carbonyl (C=O) groups is 4. The molecule has 4 rings (SSSR count). The third-order valence-corrected chi connectivity index (χ3v) is 6.20. The van der Waals surface area contributed by atoms with Crippen LogP contribution >= 0.6 is 0 Å². The molecule has 10 nitrogen and oxygen atoms in total. The van der Waals surface area contributed by atoms with Gasteiger partial charge in [0.2, 0.25) is 11.8 Å². The number of aromatic carboxylic acids is 1. The molecular formula is C25H22F4N4O6. The van der Waals surface area contributed by atoms with E-state index in [1.807, 2.05) is 0 Å². The van der Waals surface area contributed by atoms with Gasteiger partial charge in [0, 0.05) is 18.9 Å². The van der Waals surface area contributed by atoms with Crippen LogP contribution in [0.4, 0.5) is 23.2 Å². The van der Waals surface area contributed by atoms with Gasteiger partial charge in [-0.25, -0.2) is 9.18 Å². The lowest BCUT2D eigenvalue weighted by Crippen LogP contribution is -2.44. The van der Waals surface area contributed by atoms with Crippen molar-refractivity contribution in [3.8, 4) is 5.75 Å². The molecule has 1 aliphatic heterocycles. The Morgan fingerprint density at radius 2 is 1.90 bits per heavy atom. The summed E-state index contributed by atoms with van der Waals surface area (Å²) in [6.07, 6.45) is -4.95. The topological polar surface area (TPSA) is 131 Å². The lowest BCUT2D eigenvalue weighted by Gasteiger charge is -2.24. The van der Waals surface area contributed by atoms with Crippen LogP contribution in [0.25, 0.3) is 10.9 Å². The van der Waals surface area contributed by atoms with Gasteiger partial charge in [0.25, 0.3) is 0 Å². The van der Waals surface area contributed by atoms with Crippen LogP contribution in [0.5, 0.6) is 5.75 Å². The fraction of sp³-hybridized carbons (Fsp3) is 0.320. The van der Waals surface area contributed by atoms with E-state index < -0.39 is 59.8 Å². The molecule has 1 aromatic heterocycles. The van der Waals surface area contributed by atoms with Crippen LogP contribution in [-0.4, -0.2) is 62.3 Å². The summed E-state index contributed by atoms with van der Waals surface area (Å²) in [6, 6.07) is 5.80. The molecule has 0 radical (unpaired) electrons. The molecule has 0 unspecified atom stereocenters. The third kappa shape index (κ3) is 5.84. The average molecular weight is 550 g/mol. The van der Waals surface area contributed by atoms with Gasteiger partial charge in [-0.3, -0.25) is 19.1 Å². The zero-order valence-electron chi connectivity index (χ0n) is 20.6. The first-order valence-corrected chi connectivity index (χ1v) is 11.6. The highest BCUT2D eigenvalue weighted by molar-refractivity contribution is 6.06. The minimum atomic E-state index is -5.14. The lowest BCUT2D eigenvalue weighted by molar-refractivity contribution is -0.275. The second kappa shape index (κ2) is 10.3. The summed E-state index contributed by atoms with van der Waals surface area (Å²) in [6.45, 7) is 2.76. The quantitative estimate of drug-likeness (QED) is 0.338. The fourth-order valence-corrected chi connectivity index (χ4v) is 4.50. The molecule has 206 valence electrons. The number of ketones is 1. The van der Waals surface area contributed by atoms with Gasteiger partial charge in [0.1, 0.15) is 18.3 Å². The molecule has 1 aliphatic rings. The number of carbonyl (C=O) groups excluding carboxylic acids is 3. The van der Waals surface area contributed by atoms with E-state index in [1.54, 1.807) is 6.92 Å². The van der Waals surface area contributed by atoms with Gasteiger partial charge in [0.05, 0.1) is 16.8 Å². The Kier molecular flexibility index (Phi) is 7.31. The van der Waals surface area contributed by atoms with E-state index in [9.17, 15) is 41.8 Å². The van der Waals surface area contributed by atoms with E-state index in [4.69, 9.17) is 0 Å². The maximum absolute atomic E-state index is 14.6. The summed E-state index contributed by atoms with van der Waals surface area (Å²) < 4.78 is 57.0. The van der Waals surface area contributed by atoms with Crippen LogP contribution in [0, 0.1) is 11.7 Å². The number of carboxylic acid groups (broad SMARTS) is 1. The minimum Gasteiger partial charge on any atom is -0.478 e. The predicted molar refractivity (Wildman–Crippen MR) is 128 cm³/mol. The Balaban J connectivity index is 1.58. The van der Waals surface area contributed by atoms with Gasteiger partial charge >= 0.3 is 12.3 Å². The number of carboxylic acids is 1. The van der Waals surface area contributed by atoms with Crippen LogP contribution < -0.4 is 10.1 Å². The number of benzene rings is 2. The van der Waals surface area contributed by atoms with Crippen molar-refractivity contribution in [1.29, 1.82) is 0 Å². The summed E-state index contributed by atoms with van der Waals surface area (Å²) in [5.74, 6) is -5.73. The number of likely N-dealkylation sites (tertiary alicyclic amines) is 1. The van der Waals surface area contributed by atoms with Gasteiger partial charge in [-0.05, 0) is 42.7 Å². The SMILES string of the molecule is CC(=O)c1nn(CC(=O)N2C[C@@H](C)C[C@H]2C(=O)Nc2cccc(OC(F)(F)F)c2F)c2cc(C(=O)O)ccc12. The second-order valence-electron chi connectivity index (χ2n) is 9.16. The van der Waals surface area contributed by atoms with Gasteiger partial charge in [-0.2, -0.15) is 5.10 Å². The summed E-state index contributed by atoms with van der Waals surface area (Å²) in [5, 5.41) is 16.1. The van der Waals surface area contributed by atoms with Crippen LogP contribution in [0.3, 0.4) is 0 Å². The molecular weight excluding hydrogens is 528 g/mol. The molecule has 2 amide bonds. The van der Waals surface area contributed by atoms with Crippen LogP contribution in [0.15, 0.2) is 36.4 Å². The standard InChI is InChI=1S/C25H22F4N4O6/c1-12-8-18(23(36)30-16-4-3-5-19(21(16)26)39-25(27,28)29)32(10-12)20(35)11-33-17-9-14(24(37)38)6-7-15(17)22(31-33)13(2)34/h3-7,9,12,18H,8,10-11H2,1-2H3,(H,30,36)(H,37,38)/t12-,18-/m0/s1. The Morgan fingerprint density at radius 1 is 1.18 bits per heavy atom. The van der Waals surface area contributed by atoms with Crippen molar-refractivity contribution in [2.24, 2.45) is 5.92 Å². The molecule has 0 spiro atoms. The first-order valence-electron chi connectivity index (χ1n) is 11.6. The van der Waals surface area contributed by atoms with E-state index in [-0.39, 0.29) is 35.7 Å². The highest BCUT2D eigenvalue weighted by atomic mass is 19.4. The predicted octanol–water partition coefficient (Wildman–Crippen LogP) is 3.85. The molecule has 0 bridgehead atoms. The Hall–Kier alpha value is -4.49. The number of hydrogen-bond acceptors (Lipinski definition) is 6. The number of nitrogens with zero attached hydrogens (tertiary/aromatic N) is 3. The normalized spacial score (nSPS) is 17.3. The van der Waals surface area contributed by atoms with Crippen molar-refractivity contribution >= 4 is 40.2 Å². The van der Waals surface area contributed by atoms with Crippen molar-refractivity contribution in [3.05, 3.63) is 53.5 Å². The number of nitrogens with one attached hydrogen (secondary N) is 1. The van der Waals surface area contributed by atoms with Gasteiger partial charge in [0.15, 0.2) is 17.3 Å². The minimum absolute atomic E-state index is 0.0373. The highest BCUT2D eigenvalue weighted by Crippen LogP contribution is 2.31. The molecule has 0 saturated carbocycles. The van der Waals surface area contributed by atoms with E-state index in [1.165, 1.54) is 34.7 Å². The second-order valence-corrected chi connectivity index (χ2v) is 9.16. The molecule has 1 saturated heterocycles. The molecule has 3 aromatic rings. The molecule has 14 heteroatoms. The molecule has 2 heterocycles. The number of ether oxygens (including phenoxy) is 1. The Morgan fingerprint density at radius 3 is 2.54 bits per heavy atom. The smallest absolute Gasteiger partial charge is 0.478 e. The lowest BCUT2D eigenvalue weighted by atomic mass is 10.1. The number of alkyl halides is 3. The number of rotatable bonds is 7. The van der Waals surface area contributed by atoms with Crippen molar-refractivity contribution in [2.75, 3.05) is 11.9 Å². The summed E-state index contributed by atoms with van der Waals surface area (Å²) in [7, 11) is 0. The van der Waals surface area contributed by atoms with Crippen LogP contribution in [0.1, 0.15) is 41.1 Å². The molecule has 2 N–H and O–H groups in total. The van der Waals surface area contributed by atoms with Gasteiger partial charge in [-0.15, -0.1) is 13.2 Å². The number of amides is 2. The number of fused-ring (bicyclic) bond motifs is 1. The van der Waals surface area contributed by atoms with Gasteiger partial charge < -0.3 is 20.1 Å². The van der Waals surface area contributed by atoms with Crippen molar-refractivity contribution in [1.82, 2.24) is 14.7 Å². The number of halogens is 4. The third-order valence-electron chi connectivity index (χ3n) is 6.20. The van der Waals surface area contributed by atoms with E-state index in [2.05, 4.69) is 15.2 Å². The maximum Gasteiger partial charge on any atom is 0.573 e.